The minimum absolute atomic E-state index is 0.0375. The molecule has 0 saturated carbocycles. The van der Waals surface area contributed by atoms with Crippen molar-refractivity contribution in [1.29, 1.82) is 0 Å². The van der Waals surface area contributed by atoms with Crippen LogP contribution in [0.25, 0.3) is 22.2 Å². The molecule has 0 N–H and O–H groups in total. The maximum atomic E-state index is 5.98. The van der Waals surface area contributed by atoms with Gasteiger partial charge in [0.25, 0.3) is 0 Å². The highest BCUT2D eigenvalue weighted by atomic mass is 35.5. The van der Waals surface area contributed by atoms with Gasteiger partial charge in [-0.25, -0.2) is 14.6 Å². The lowest BCUT2D eigenvalue weighted by molar-refractivity contribution is -0.0410. The van der Waals surface area contributed by atoms with E-state index in [1.165, 1.54) is 12.1 Å². The molecule has 0 spiro atoms. The van der Waals surface area contributed by atoms with Crippen molar-refractivity contribution in [2.75, 3.05) is 6.61 Å². The first-order chi connectivity index (χ1) is 12.1. The van der Waals surface area contributed by atoms with E-state index in [4.69, 9.17) is 21.4 Å². The van der Waals surface area contributed by atoms with Gasteiger partial charge < -0.3 is 4.74 Å². The number of fused-ring (bicyclic) bond motifs is 1. The fourth-order valence-corrected chi connectivity index (χ4v) is 3.64. The van der Waals surface area contributed by atoms with Crippen molar-refractivity contribution in [2.24, 2.45) is 0 Å². The Balaban J connectivity index is 1.84. The van der Waals surface area contributed by atoms with Crippen LogP contribution >= 0.6 is 11.6 Å². The first kappa shape index (κ1) is 16.5. The molecular formula is C19H21ClN4O. The average Bonchev–Trinajstić information content (AvgIpc) is 3.01. The summed E-state index contributed by atoms with van der Waals surface area (Å²) in [5.74, 6) is 0.347. The van der Waals surface area contributed by atoms with Crippen LogP contribution in [0, 0.1) is 0 Å². The average molecular weight is 357 g/mol. The Morgan fingerprint density at radius 1 is 1.24 bits per heavy atom. The maximum absolute atomic E-state index is 5.98. The summed E-state index contributed by atoms with van der Waals surface area (Å²) in [7, 11) is 0. The maximum Gasteiger partial charge on any atom is 0.222 e. The fourth-order valence-electron chi connectivity index (χ4n) is 3.49. The second-order valence-corrected chi connectivity index (χ2v) is 7.09. The van der Waals surface area contributed by atoms with Gasteiger partial charge in [-0.1, -0.05) is 19.9 Å². The van der Waals surface area contributed by atoms with Crippen molar-refractivity contribution < 1.29 is 4.74 Å². The molecule has 5 nitrogen and oxygen atoms in total. The third-order valence-electron chi connectivity index (χ3n) is 4.63. The summed E-state index contributed by atoms with van der Waals surface area (Å²) in [5.41, 5.74) is 4.03. The molecule has 0 bridgehead atoms. The Labute approximate surface area is 152 Å². The Hall–Kier alpha value is -1.98. The molecule has 1 saturated heterocycles. The predicted molar refractivity (Wildman–Crippen MR) is 98.7 cm³/mol. The SMILES string of the molecule is CC(C)c1c2cc(-c3ccnc(Cl)n3)ccc2nn1C1CCCCO1. The third-order valence-corrected chi connectivity index (χ3v) is 4.81. The summed E-state index contributed by atoms with van der Waals surface area (Å²) >= 11 is 5.95. The van der Waals surface area contributed by atoms with Gasteiger partial charge in [0.1, 0.15) is 0 Å². The number of ether oxygens (including phenoxy) is 1. The molecule has 3 heterocycles. The quantitative estimate of drug-likeness (QED) is 0.622. The molecule has 2 aromatic heterocycles. The second-order valence-electron chi connectivity index (χ2n) is 6.75. The summed E-state index contributed by atoms with van der Waals surface area (Å²) in [5, 5.41) is 6.25. The molecule has 0 aliphatic carbocycles. The van der Waals surface area contributed by atoms with Crippen molar-refractivity contribution in [2.45, 2.75) is 45.3 Å². The van der Waals surface area contributed by atoms with E-state index in [1.54, 1.807) is 6.20 Å². The van der Waals surface area contributed by atoms with Gasteiger partial charge in [0, 0.05) is 23.8 Å². The van der Waals surface area contributed by atoms with Crippen LogP contribution in [0.3, 0.4) is 0 Å². The molecular weight excluding hydrogens is 336 g/mol. The van der Waals surface area contributed by atoms with Crippen LogP contribution in [0.4, 0.5) is 0 Å². The Kier molecular flexibility index (Phi) is 4.44. The number of nitrogens with zero attached hydrogens (tertiary/aromatic N) is 4. The Morgan fingerprint density at radius 3 is 2.84 bits per heavy atom. The molecule has 0 amide bonds. The molecule has 1 aliphatic rings. The molecule has 6 heteroatoms. The lowest BCUT2D eigenvalue weighted by Gasteiger charge is -2.25. The van der Waals surface area contributed by atoms with E-state index in [9.17, 15) is 0 Å². The summed E-state index contributed by atoms with van der Waals surface area (Å²) in [6, 6.07) is 8.10. The molecule has 1 atom stereocenters. The van der Waals surface area contributed by atoms with Crippen molar-refractivity contribution in [1.82, 2.24) is 19.7 Å². The van der Waals surface area contributed by atoms with Crippen LogP contribution in [0.15, 0.2) is 30.5 Å². The first-order valence-electron chi connectivity index (χ1n) is 8.76. The molecule has 4 rings (SSSR count). The van der Waals surface area contributed by atoms with Crippen LogP contribution < -0.4 is 0 Å². The van der Waals surface area contributed by atoms with Crippen LogP contribution in [-0.2, 0) is 4.74 Å². The van der Waals surface area contributed by atoms with Crippen LogP contribution in [0.2, 0.25) is 5.28 Å². The molecule has 1 aromatic carbocycles. The Bertz CT molecular complexity index is 900. The molecule has 130 valence electrons. The van der Waals surface area contributed by atoms with E-state index < -0.39 is 0 Å². The van der Waals surface area contributed by atoms with Gasteiger partial charge in [-0.05, 0) is 55.0 Å². The van der Waals surface area contributed by atoms with E-state index in [1.807, 2.05) is 18.2 Å². The highest BCUT2D eigenvalue weighted by Gasteiger charge is 2.23. The monoisotopic (exact) mass is 356 g/mol. The highest BCUT2D eigenvalue weighted by Crippen LogP contribution is 2.33. The van der Waals surface area contributed by atoms with Crippen molar-refractivity contribution in [3.63, 3.8) is 0 Å². The number of hydrogen-bond donors (Lipinski definition) is 0. The highest BCUT2D eigenvalue weighted by molar-refractivity contribution is 6.28. The van der Waals surface area contributed by atoms with Crippen LogP contribution in [0.5, 0.6) is 0 Å². The standard InChI is InChI=1S/C19H21ClN4O/c1-12(2)18-14-11-13(15-8-9-21-19(20)22-15)6-7-16(14)23-24(18)17-5-3-4-10-25-17/h6-9,11-12,17H,3-5,10H2,1-2H3. The lowest BCUT2D eigenvalue weighted by atomic mass is 10.0. The largest absolute Gasteiger partial charge is 0.357 e. The molecule has 1 unspecified atom stereocenters. The van der Waals surface area contributed by atoms with Gasteiger partial charge in [-0.15, -0.1) is 0 Å². The zero-order chi connectivity index (χ0) is 17.4. The third kappa shape index (κ3) is 3.14. The first-order valence-corrected chi connectivity index (χ1v) is 9.14. The van der Waals surface area contributed by atoms with Gasteiger partial charge in [-0.3, -0.25) is 0 Å². The van der Waals surface area contributed by atoms with Crippen molar-refractivity contribution in [3.8, 4) is 11.3 Å². The fraction of sp³-hybridized carbons (Fsp3) is 0.421. The molecule has 1 aliphatic heterocycles. The van der Waals surface area contributed by atoms with E-state index in [0.29, 0.717) is 5.92 Å². The van der Waals surface area contributed by atoms with E-state index in [0.717, 1.165) is 41.6 Å². The number of hydrogen-bond acceptors (Lipinski definition) is 4. The summed E-state index contributed by atoms with van der Waals surface area (Å²) in [4.78, 5) is 8.28. The topological polar surface area (TPSA) is 52.8 Å². The van der Waals surface area contributed by atoms with Gasteiger partial charge in [0.2, 0.25) is 5.28 Å². The number of halogens is 1. The summed E-state index contributed by atoms with van der Waals surface area (Å²) in [6.07, 6.45) is 5.05. The zero-order valence-electron chi connectivity index (χ0n) is 14.4. The van der Waals surface area contributed by atoms with E-state index in [-0.39, 0.29) is 11.5 Å². The predicted octanol–water partition coefficient (Wildman–Crippen LogP) is 4.97. The van der Waals surface area contributed by atoms with Gasteiger partial charge in [0.15, 0.2) is 6.23 Å². The Morgan fingerprint density at radius 2 is 2.12 bits per heavy atom. The van der Waals surface area contributed by atoms with Crippen LogP contribution in [0.1, 0.15) is 50.9 Å². The normalized spacial score (nSPS) is 18.2. The summed E-state index contributed by atoms with van der Waals surface area (Å²) in [6.45, 7) is 5.21. The van der Waals surface area contributed by atoms with Crippen molar-refractivity contribution in [3.05, 3.63) is 41.4 Å². The smallest absolute Gasteiger partial charge is 0.222 e. The zero-order valence-corrected chi connectivity index (χ0v) is 15.2. The number of benzene rings is 1. The molecule has 1 fully saturated rings. The second kappa shape index (κ2) is 6.73. The van der Waals surface area contributed by atoms with Gasteiger partial charge >= 0.3 is 0 Å². The molecule has 0 radical (unpaired) electrons. The molecule has 25 heavy (non-hydrogen) atoms. The van der Waals surface area contributed by atoms with Crippen LogP contribution in [-0.4, -0.2) is 26.4 Å². The number of aromatic nitrogens is 4. The summed E-state index contributed by atoms with van der Waals surface area (Å²) < 4.78 is 8.07. The van der Waals surface area contributed by atoms with Crippen molar-refractivity contribution >= 4 is 22.5 Å². The van der Waals surface area contributed by atoms with E-state index >= 15 is 0 Å². The molecule has 3 aromatic rings. The minimum atomic E-state index is 0.0375. The number of rotatable bonds is 3. The lowest BCUT2D eigenvalue weighted by Crippen LogP contribution is -2.21. The van der Waals surface area contributed by atoms with Gasteiger partial charge in [0.05, 0.1) is 16.9 Å². The minimum Gasteiger partial charge on any atom is -0.357 e. The van der Waals surface area contributed by atoms with E-state index in [2.05, 4.69) is 34.6 Å². The van der Waals surface area contributed by atoms with Gasteiger partial charge in [-0.2, -0.15) is 5.10 Å².